The SMILES string of the molecule is CCN(C(=O)CN(C(C)=O)c1c(C)cccc1C)c1cccc(C)c1. The first kappa shape index (κ1) is 18.7. The molecule has 0 saturated carbocycles. The van der Waals surface area contributed by atoms with Gasteiger partial charge < -0.3 is 9.80 Å². The van der Waals surface area contributed by atoms with Gasteiger partial charge in [-0.1, -0.05) is 30.3 Å². The second-order valence-electron chi connectivity index (χ2n) is 6.32. The number of aryl methyl sites for hydroxylation is 3. The van der Waals surface area contributed by atoms with Crippen molar-refractivity contribution in [2.45, 2.75) is 34.6 Å². The zero-order valence-corrected chi connectivity index (χ0v) is 15.7. The molecule has 25 heavy (non-hydrogen) atoms. The zero-order chi connectivity index (χ0) is 18.6. The van der Waals surface area contributed by atoms with E-state index in [1.165, 1.54) is 6.92 Å². The summed E-state index contributed by atoms with van der Waals surface area (Å²) >= 11 is 0. The van der Waals surface area contributed by atoms with Gasteiger partial charge in [0, 0.05) is 19.2 Å². The van der Waals surface area contributed by atoms with Crippen LogP contribution in [-0.2, 0) is 9.59 Å². The molecule has 0 heterocycles. The van der Waals surface area contributed by atoms with Crippen molar-refractivity contribution in [3.05, 3.63) is 59.2 Å². The molecule has 0 saturated heterocycles. The van der Waals surface area contributed by atoms with E-state index in [0.29, 0.717) is 6.54 Å². The van der Waals surface area contributed by atoms with Crippen LogP contribution in [0.1, 0.15) is 30.5 Å². The molecule has 0 spiro atoms. The first-order chi connectivity index (χ1) is 11.8. The number of carbonyl (C=O) groups excluding carboxylic acids is 2. The molecular weight excluding hydrogens is 312 g/mol. The van der Waals surface area contributed by atoms with Crippen LogP contribution >= 0.6 is 0 Å². The number of para-hydroxylation sites is 1. The molecule has 4 heteroatoms. The Morgan fingerprint density at radius 3 is 2.04 bits per heavy atom. The number of hydrogen-bond donors (Lipinski definition) is 0. The van der Waals surface area contributed by atoms with E-state index in [9.17, 15) is 9.59 Å². The maximum absolute atomic E-state index is 12.9. The third kappa shape index (κ3) is 4.27. The lowest BCUT2D eigenvalue weighted by Gasteiger charge is -2.28. The second-order valence-corrected chi connectivity index (χ2v) is 6.32. The van der Waals surface area contributed by atoms with Crippen molar-refractivity contribution < 1.29 is 9.59 Å². The molecule has 0 aliphatic heterocycles. The van der Waals surface area contributed by atoms with Gasteiger partial charge in [0.2, 0.25) is 11.8 Å². The van der Waals surface area contributed by atoms with Crippen LogP contribution in [0.4, 0.5) is 11.4 Å². The van der Waals surface area contributed by atoms with Gasteiger partial charge in [-0.3, -0.25) is 9.59 Å². The van der Waals surface area contributed by atoms with Crippen LogP contribution in [0.25, 0.3) is 0 Å². The topological polar surface area (TPSA) is 40.6 Å². The number of rotatable bonds is 5. The molecule has 0 N–H and O–H groups in total. The molecule has 0 atom stereocenters. The highest BCUT2D eigenvalue weighted by Gasteiger charge is 2.23. The summed E-state index contributed by atoms with van der Waals surface area (Å²) in [5.74, 6) is -0.225. The Bertz CT molecular complexity index is 763. The van der Waals surface area contributed by atoms with Crippen molar-refractivity contribution >= 4 is 23.2 Å². The lowest BCUT2D eigenvalue weighted by molar-refractivity contribution is -0.121. The summed E-state index contributed by atoms with van der Waals surface area (Å²) in [5.41, 5.74) is 4.76. The molecule has 0 aliphatic carbocycles. The minimum absolute atomic E-state index is 0.0306. The predicted octanol–water partition coefficient (Wildman–Crippen LogP) is 4.02. The van der Waals surface area contributed by atoms with Crippen LogP contribution in [0, 0.1) is 20.8 Å². The minimum atomic E-state index is -0.133. The third-order valence-corrected chi connectivity index (χ3v) is 4.31. The van der Waals surface area contributed by atoms with E-state index in [1.807, 2.05) is 70.2 Å². The molecule has 0 aromatic heterocycles. The maximum Gasteiger partial charge on any atom is 0.247 e. The van der Waals surface area contributed by atoms with Gasteiger partial charge in [0.15, 0.2) is 0 Å². The Kier molecular flexibility index (Phi) is 5.97. The minimum Gasteiger partial charge on any atom is -0.311 e. The summed E-state index contributed by atoms with van der Waals surface area (Å²) in [5, 5.41) is 0. The molecule has 2 amide bonds. The number of benzene rings is 2. The Morgan fingerprint density at radius 2 is 1.52 bits per heavy atom. The lowest BCUT2D eigenvalue weighted by atomic mass is 10.1. The van der Waals surface area contributed by atoms with Crippen LogP contribution in [0.5, 0.6) is 0 Å². The van der Waals surface area contributed by atoms with Gasteiger partial charge in [-0.05, 0) is 56.5 Å². The number of likely N-dealkylation sites (N-methyl/N-ethyl adjacent to an activating group) is 1. The van der Waals surface area contributed by atoms with Crippen LogP contribution in [-0.4, -0.2) is 24.9 Å². The Morgan fingerprint density at radius 1 is 0.920 bits per heavy atom. The molecule has 2 rings (SSSR count). The highest BCUT2D eigenvalue weighted by atomic mass is 16.2. The van der Waals surface area contributed by atoms with Crippen molar-refractivity contribution in [2.24, 2.45) is 0 Å². The fourth-order valence-electron chi connectivity index (χ4n) is 3.10. The van der Waals surface area contributed by atoms with Crippen molar-refractivity contribution in [2.75, 3.05) is 22.9 Å². The number of anilines is 2. The molecule has 0 bridgehead atoms. The van der Waals surface area contributed by atoms with Gasteiger partial charge in [0.1, 0.15) is 6.54 Å². The smallest absolute Gasteiger partial charge is 0.247 e. The van der Waals surface area contributed by atoms with E-state index in [4.69, 9.17) is 0 Å². The number of amides is 2. The highest BCUT2D eigenvalue weighted by molar-refractivity contribution is 6.03. The summed E-state index contributed by atoms with van der Waals surface area (Å²) < 4.78 is 0. The summed E-state index contributed by atoms with van der Waals surface area (Å²) in [4.78, 5) is 28.5. The number of hydrogen-bond acceptors (Lipinski definition) is 2. The molecular formula is C21H26N2O2. The fraction of sp³-hybridized carbons (Fsp3) is 0.333. The molecule has 132 valence electrons. The number of nitrogens with zero attached hydrogens (tertiary/aromatic N) is 2. The Labute approximate surface area is 150 Å². The molecule has 0 radical (unpaired) electrons. The first-order valence-corrected chi connectivity index (χ1v) is 8.56. The van der Waals surface area contributed by atoms with E-state index in [-0.39, 0.29) is 18.4 Å². The van der Waals surface area contributed by atoms with Gasteiger partial charge in [0.05, 0.1) is 5.69 Å². The highest BCUT2D eigenvalue weighted by Crippen LogP contribution is 2.25. The van der Waals surface area contributed by atoms with Crippen LogP contribution in [0.2, 0.25) is 0 Å². The van der Waals surface area contributed by atoms with Gasteiger partial charge in [-0.15, -0.1) is 0 Å². The van der Waals surface area contributed by atoms with Crippen molar-refractivity contribution in [3.63, 3.8) is 0 Å². The molecule has 0 unspecified atom stereocenters. The van der Waals surface area contributed by atoms with Gasteiger partial charge >= 0.3 is 0 Å². The standard InChI is InChI=1S/C21H26N2O2/c1-6-22(19-12-7-9-15(2)13-19)20(25)14-23(18(5)24)21-16(3)10-8-11-17(21)4/h7-13H,6,14H2,1-5H3. The molecule has 2 aromatic carbocycles. The average Bonchev–Trinajstić information content (AvgIpc) is 2.54. The maximum atomic E-state index is 12.9. The molecule has 2 aromatic rings. The van der Waals surface area contributed by atoms with E-state index in [1.54, 1.807) is 9.80 Å². The third-order valence-electron chi connectivity index (χ3n) is 4.31. The van der Waals surface area contributed by atoms with E-state index >= 15 is 0 Å². The second kappa shape index (κ2) is 7.97. The fourth-order valence-corrected chi connectivity index (χ4v) is 3.10. The lowest BCUT2D eigenvalue weighted by Crippen LogP contribution is -2.43. The summed E-state index contributed by atoms with van der Waals surface area (Å²) in [6.45, 7) is 9.95. The summed E-state index contributed by atoms with van der Waals surface area (Å²) in [6, 6.07) is 13.7. The average molecular weight is 338 g/mol. The molecule has 4 nitrogen and oxygen atoms in total. The Hall–Kier alpha value is -2.62. The van der Waals surface area contributed by atoms with E-state index in [2.05, 4.69) is 0 Å². The predicted molar refractivity (Wildman–Crippen MR) is 103 cm³/mol. The molecule has 0 fully saturated rings. The van der Waals surface area contributed by atoms with Crippen LogP contribution in [0.3, 0.4) is 0 Å². The molecule has 0 aliphatic rings. The Balaban J connectivity index is 2.33. The van der Waals surface area contributed by atoms with Gasteiger partial charge in [-0.25, -0.2) is 0 Å². The summed E-state index contributed by atoms with van der Waals surface area (Å²) in [6.07, 6.45) is 0. The normalized spacial score (nSPS) is 10.4. The quantitative estimate of drug-likeness (QED) is 0.826. The number of carbonyl (C=O) groups is 2. The zero-order valence-electron chi connectivity index (χ0n) is 15.7. The monoisotopic (exact) mass is 338 g/mol. The van der Waals surface area contributed by atoms with E-state index < -0.39 is 0 Å². The largest absolute Gasteiger partial charge is 0.311 e. The van der Waals surface area contributed by atoms with Crippen molar-refractivity contribution in [1.29, 1.82) is 0 Å². The van der Waals surface area contributed by atoms with Gasteiger partial charge in [-0.2, -0.15) is 0 Å². The van der Waals surface area contributed by atoms with Crippen LogP contribution < -0.4 is 9.80 Å². The van der Waals surface area contributed by atoms with Crippen molar-refractivity contribution in [3.8, 4) is 0 Å². The first-order valence-electron chi connectivity index (χ1n) is 8.56. The van der Waals surface area contributed by atoms with Gasteiger partial charge in [0.25, 0.3) is 0 Å². The van der Waals surface area contributed by atoms with Crippen LogP contribution in [0.15, 0.2) is 42.5 Å². The van der Waals surface area contributed by atoms with E-state index in [0.717, 1.165) is 28.1 Å². The summed E-state index contributed by atoms with van der Waals surface area (Å²) in [7, 11) is 0. The van der Waals surface area contributed by atoms with Crippen molar-refractivity contribution in [1.82, 2.24) is 0 Å².